The predicted octanol–water partition coefficient (Wildman–Crippen LogP) is 3.60. The Morgan fingerprint density at radius 2 is 2.10 bits per heavy atom. The lowest BCUT2D eigenvalue weighted by Crippen LogP contribution is -2.27. The molecule has 1 saturated heterocycles. The van der Waals surface area contributed by atoms with Gasteiger partial charge in [-0.05, 0) is 50.2 Å². The SMILES string of the molecule is C=CCN1C(=O)S/C(=C/c2cc(C)n(C(C)C)c2)C1=O. The van der Waals surface area contributed by atoms with Crippen molar-refractivity contribution in [3.05, 3.63) is 41.1 Å². The normalized spacial score (nSPS) is 17.6. The number of carbonyl (C=O) groups is 2. The first-order valence-corrected chi connectivity index (χ1v) is 7.30. The molecule has 0 radical (unpaired) electrons. The maximum Gasteiger partial charge on any atom is 0.293 e. The van der Waals surface area contributed by atoms with E-state index in [0.29, 0.717) is 10.9 Å². The number of aryl methyl sites for hydroxylation is 1. The van der Waals surface area contributed by atoms with Crippen LogP contribution in [-0.4, -0.2) is 27.2 Å². The molecule has 0 aliphatic carbocycles. The molecule has 0 aromatic carbocycles. The molecular weight excluding hydrogens is 272 g/mol. The van der Waals surface area contributed by atoms with Gasteiger partial charge < -0.3 is 4.57 Å². The Morgan fingerprint density at radius 3 is 2.65 bits per heavy atom. The number of imide groups is 1. The summed E-state index contributed by atoms with van der Waals surface area (Å²) in [6.45, 7) is 10.1. The first-order chi connectivity index (χ1) is 9.43. The van der Waals surface area contributed by atoms with Crippen LogP contribution in [0.3, 0.4) is 0 Å². The van der Waals surface area contributed by atoms with E-state index in [9.17, 15) is 9.59 Å². The summed E-state index contributed by atoms with van der Waals surface area (Å²) in [5.74, 6) is -0.241. The number of thioether (sulfide) groups is 1. The molecule has 0 bridgehead atoms. The Hall–Kier alpha value is -1.75. The third kappa shape index (κ3) is 2.72. The molecule has 2 heterocycles. The first-order valence-electron chi connectivity index (χ1n) is 6.48. The molecular formula is C15H18N2O2S. The van der Waals surface area contributed by atoms with Gasteiger partial charge >= 0.3 is 0 Å². The van der Waals surface area contributed by atoms with Crippen LogP contribution in [0.2, 0.25) is 0 Å². The van der Waals surface area contributed by atoms with Crippen molar-refractivity contribution in [1.29, 1.82) is 0 Å². The quantitative estimate of drug-likeness (QED) is 0.628. The van der Waals surface area contributed by atoms with E-state index in [4.69, 9.17) is 0 Å². The van der Waals surface area contributed by atoms with Gasteiger partial charge in [0.25, 0.3) is 11.1 Å². The van der Waals surface area contributed by atoms with Crippen molar-refractivity contribution >= 4 is 29.0 Å². The van der Waals surface area contributed by atoms with Crippen LogP contribution < -0.4 is 0 Å². The molecule has 1 aromatic rings. The third-order valence-electron chi connectivity index (χ3n) is 3.11. The number of amides is 2. The van der Waals surface area contributed by atoms with E-state index in [-0.39, 0.29) is 17.7 Å². The molecule has 0 atom stereocenters. The number of aromatic nitrogens is 1. The monoisotopic (exact) mass is 290 g/mol. The van der Waals surface area contributed by atoms with Crippen molar-refractivity contribution in [2.45, 2.75) is 26.8 Å². The van der Waals surface area contributed by atoms with Gasteiger partial charge in [0.05, 0.1) is 4.91 Å². The second-order valence-electron chi connectivity index (χ2n) is 5.00. The highest BCUT2D eigenvalue weighted by Crippen LogP contribution is 2.32. The molecule has 1 aliphatic heterocycles. The van der Waals surface area contributed by atoms with Gasteiger partial charge in [-0.2, -0.15) is 0 Å². The standard InChI is InChI=1S/C15H18N2O2S/c1-5-6-16-14(18)13(20-15(16)19)8-12-7-11(4)17(9-12)10(2)3/h5,7-10H,1,6H2,2-4H3/b13-8+. The van der Waals surface area contributed by atoms with Crippen LogP contribution in [0.1, 0.15) is 31.1 Å². The molecule has 0 spiro atoms. The Labute approximate surface area is 123 Å². The van der Waals surface area contributed by atoms with Crippen LogP contribution >= 0.6 is 11.8 Å². The minimum atomic E-state index is -0.241. The number of rotatable bonds is 4. The predicted molar refractivity (Wildman–Crippen MR) is 82.4 cm³/mol. The van der Waals surface area contributed by atoms with Crippen LogP contribution in [0.25, 0.3) is 6.08 Å². The van der Waals surface area contributed by atoms with Crippen LogP contribution in [0.5, 0.6) is 0 Å². The fraction of sp³-hybridized carbons (Fsp3) is 0.333. The molecule has 0 unspecified atom stereocenters. The van der Waals surface area contributed by atoms with E-state index in [1.54, 1.807) is 12.2 Å². The van der Waals surface area contributed by atoms with Gasteiger partial charge in [-0.1, -0.05) is 6.08 Å². The van der Waals surface area contributed by atoms with Crippen LogP contribution in [0, 0.1) is 6.92 Å². The molecule has 2 amide bonds. The lowest BCUT2D eigenvalue weighted by molar-refractivity contribution is -0.122. The highest BCUT2D eigenvalue weighted by molar-refractivity contribution is 8.18. The highest BCUT2D eigenvalue weighted by Gasteiger charge is 2.34. The molecule has 106 valence electrons. The Balaban J connectivity index is 2.28. The summed E-state index contributed by atoms with van der Waals surface area (Å²) in [6, 6.07) is 2.38. The molecule has 0 N–H and O–H groups in total. The second-order valence-corrected chi connectivity index (χ2v) is 5.99. The fourth-order valence-electron chi connectivity index (χ4n) is 2.19. The zero-order valence-corrected chi connectivity index (χ0v) is 12.7. The van der Waals surface area contributed by atoms with Gasteiger partial charge in [-0.15, -0.1) is 6.58 Å². The van der Waals surface area contributed by atoms with Gasteiger partial charge in [0, 0.05) is 24.5 Å². The van der Waals surface area contributed by atoms with Gasteiger partial charge in [-0.25, -0.2) is 0 Å². The number of carbonyl (C=O) groups excluding carboxylic acids is 2. The molecule has 2 rings (SSSR count). The van der Waals surface area contributed by atoms with Crippen LogP contribution in [-0.2, 0) is 4.79 Å². The van der Waals surface area contributed by atoms with Crippen molar-refractivity contribution in [2.24, 2.45) is 0 Å². The van der Waals surface area contributed by atoms with E-state index in [2.05, 4.69) is 25.0 Å². The molecule has 0 saturated carbocycles. The van der Waals surface area contributed by atoms with E-state index in [1.807, 2.05) is 19.2 Å². The van der Waals surface area contributed by atoms with Gasteiger partial charge in [-0.3, -0.25) is 14.5 Å². The maximum absolute atomic E-state index is 12.1. The van der Waals surface area contributed by atoms with Gasteiger partial charge in [0.15, 0.2) is 0 Å². The fourth-order valence-corrected chi connectivity index (χ4v) is 3.04. The zero-order valence-electron chi connectivity index (χ0n) is 11.9. The van der Waals surface area contributed by atoms with E-state index < -0.39 is 0 Å². The van der Waals surface area contributed by atoms with E-state index in [0.717, 1.165) is 23.0 Å². The average Bonchev–Trinajstić information content (AvgIpc) is 2.86. The molecule has 4 nitrogen and oxygen atoms in total. The van der Waals surface area contributed by atoms with Crippen molar-refractivity contribution in [3.8, 4) is 0 Å². The largest absolute Gasteiger partial charge is 0.349 e. The summed E-state index contributed by atoms with van der Waals surface area (Å²) in [5.41, 5.74) is 2.08. The van der Waals surface area contributed by atoms with Crippen molar-refractivity contribution < 1.29 is 9.59 Å². The average molecular weight is 290 g/mol. The molecule has 5 heteroatoms. The van der Waals surface area contributed by atoms with Crippen molar-refractivity contribution in [2.75, 3.05) is 6.54 Å². The number of nitrogens with zero attached hydrogens (tertiary/aromatic N) is 2. The summed E-state index contributed by atoms with van der Waals surface area (Å²) >= 11 is 0.982. The zero-order chi connectivity index (χ0) is 14.9. The molecule has 20 heavy (non-hydrogen) atoms. The first kappa shape index (κ1) is 14.7. The Bertz CT molecular complexity index is 599. The highest BCUT2D eigenvalue weighted by atomic mass is 32.2. The van der Waals surface area contributed by atoms with Crippen molar-refractivity contribution in [1.82, 2.24) is 9.47 Å². The Kier molecular flexibility index (Phi) is 4.18. The van der Waals surface area contributed by atoms with E-state index in [1.165, 1.54) is 4.90 Å². The smallest absolute Gasteiger partial charge is 0.293 e. The van der Waals surface area contributed by atoms with Crippen LogP contribution in [0.15, 0.2) is 29.8 Å². The summed E-state index contributed by atoms with van der Waals surface area (Å²) in [6.07, 6.45) is 5.33. The summed E-state index contributed by atoms with van der Waals surface area (Å²) in [5, 5.41) is -0.235. The summed E-state index contributed by atoms with van der Waals surface area (Å²) in [7, 11) is 0. The molecule has 1 fully saturated rings. The lowest BCUT2D eigenvalue weighted by atomic mass is 10.3. The molecule has 1 aliphatic rings. The number of hydrogen-bond acceptors (Lipinski definition) is 3. The molecule has 1 aromatic heterocycles. The minimum Gasteiger partial charge on any atom is -0.349 e. The second kappa shape index (κ2) is 5.71. The lowest BCUT2D eigenvalue weighted by Gasteiger charge is -2.08. The summed E-state index contributed by atoms with van der Waals surface area (Å²) < 4.78 is 2.14. The number of hydrogen-bond donors (Lipinski definition) is 0. The van der Waals surface area contributed by atoms with E-state index >= 15 is 0 Å². The minimum absolute atomic E-state index is 0.235. The van der Waals surface area contributed by atoms with Gasteiger partial charge in [0.1, 0.15) is 0 Å². The van der Waals surface area contributed by atoms with Crippen LogP contribution in [0.4, 0.5) is 4.79 Å². The van der Waals surface area contributed by atoms with Crippen molar-refractivity contribution in [3.63, 3.8) is 0 Å². The van der Waals surface area contributed by atoms with Gasteiger partial charge in [0.2, 0.25) is 0 Å². The maximum atomic E-state index is 12.1. The summed E-state index contributed by atoms with van der Waals surface area (Å²) in [4.78, 5) is 25.5. The third-order valence-corrected chi connectivity index (χ3v) is 4.02. The Morgan fingerprint density at radius 1 is 1.40 bits per heavy atom. The topological polar surface area (TPSA) is 42.3 Å².